The Morgan fingerprint density at radius 2 is 1.90 bits per heavy atom. The van der Waals surface area contributed by atoms with Gasteiger partial charge in [0, 0.05) is 38.4 Å². The number of piperazine rings is 1. The molecular weight excluding hydrogens is 402 g/mol. The van der Waals surface area contributed by atoms with Crippen LogP contribution < -0.4 is 9.64 Å². The van der Waals surface area contributed by atoms with Crippen molar-refractivity contribution in [3.8, 4) is 17.3 Å². The largest absolute Gasteiger partial charge is 0.497 e. The second-order valence-electron chi connectivity index (χ2n) is 6.88. The Bertz CT molecular complexity index is 963. The van der Waals surface area contributed by atoms with Crippen molar-refractivity contribution in [3.63, 3.8) is 0 Å². The van der Waals surface area contributed by atoms with E-state index in [9.17, 15) is 4.79 Å². The zero-order chi connectivity index (χ0) is 20.9. The zero-order valence-electron chi connectivity index (χ0n) is 17.2. The first-order chi connectivity index (χ1) is 14.7. The third-order valence-electron chi connectivity index (χ3n) is 5.17. The third-order valence-corrected chi connectivity index (χ3v) is 6.12. The maximum absolute atomic E-state index is 12.7. The van der Waals surface area contributed by atoms with Gasteiger partial charge in [0.05, 0.1) is 19.1 Å². The number of ether oxygens (including phenoxy) is 1. The molecule has 1 saturated heterocycles. The number of benzene rings is 1. The molecule has 158 valence electrons. The highest BCUT2D eigenvalue weighted by atomic mass is 32.2. The normalized spacial score (nSPS) is 14.2. The molecular formula is C21H25N5O3S. The Morgan fingerprint density at radius 1 is 1.13 bits per heavy atom. The topological polar surface area (TPSA) is 76.6 Å². The molecule has 0 saturated carbocycles. The summed E-state index contributed by atoms with van der Waals surface area (Å²) >= 11 is 1.42. The number of hydrogen-bond acceptors (Lipinski definition) is 7. The molecule has 9 heteroatoms. The van der Waals surface area contributed by atoms with E-state index in [1.54, 1.807) is 13.4 Å². The van der Waals surface area contributed by atoms with Crippen molar-refractivity contribution in [3.05, 3.63) is 42.7 Å². The molecule has 3 heterocycles. The standard InChI is InChI=1S/C21H25N5O3S/c1-3-26-20(18-5-4-14-29-18)22-23-21(26)30-15-19(27)25-12-10-24(11-13-25)16-6-8-17(28-2)9-7-16/h4-9,14H,3,10-13,15H2,1-2H3. The fourth-order valence-electron chi connectivity index (χ4n) is 3.49. The quantitative estimate of drug-likeness (QED) is 0.537. The number of anilines is 1. The van der Waals surface area contributed by atoms with Gasteiger partial charge >= 0.3 is 0 Å². The molecule has 1 aromatic carbocycles. The molecule has 8 nitrogen and oxygen atoms in total. The van der Waals surface area contributed by atoms with E-state index in [1.807, 2.05) is 40.7 Å². The van der Waals surface area contributed by atoms with Gasteiger partial charge in [-0.1, -0.05) is 11.8 Å². The first-order valence-corrected chi connectivity index (χ1v) is 10.9. The van der Waals surface area contributed by atoms with Gasteiger partial charge in [-0.05, 0) is 43.3 Å². The van der Waals surface area contributed by atoms with Crippen LogP contribution in [0, 0.1) is 0 Å². The maximum atomic E-state index is 12.7. The summed E-state index contributed by atoms with van der Waals surface area (Å²) in [7, 11) is 1.66. The summed E-state index contributed by atoms with van der Waals surface area (Å²) in [6, 6.07) is 11.7. The molecule has 0 aliphatic carbocycles. The molecule has 0 unspecified atom stereocenters. The lowest BCUT2D eigenvalue weighted by Crippen LogP contribution is -2.49. The lowest BCUT2D eigenvalue weighted by molar-refractivity contribution is -0.128. The van der Waals surface area contributed by atoms with E-state index in [2.05, 4.69) is 27.2 Å². The van der Waals surface area contributed by atoms with Crippen LogP contribution in [-0.4, -0.2) is 64.6 Å². The van der Waals surface area contributed by atoms with E-state index in [-0.39, 0.29) is 5.91 Å². The number of furan rings is 1. The number of carbonyl (C=O) groups is 1. The van der Waals surface area contributed by atoms with Crippen LogP contribution in [0.1, 0.15) is 6.92 Å². The van der Waals surface area contributed by atoms with E-state index >= 15 is 0 Å². The van der Waals surface area contributed by atoms with Crippen molar-refractivity contribution in [2.24, 2.45) is 0 Å². The molecule has 0 radical (unpaired) electrons. The zero-order valence-corrected chi connectivity index (χ0v) is 18.0. The van der Waals surface area contributed by atoms with E-state index in [0.29, 0.717) is 37.0 Å². The molecule has 3 aromatic rings. The van der Waals surface area contributed by atoms with Crippen LogP contribution in [0.4, 0.5) is 5.69 Å². The van der Waals surface area contributed by atoms with Crippen molar-refractivity contribution in [2.45, 2.75) is 18.6 Å². The van der Waals surface area contributed by atoms with Gasteiger partial charge in [-0.25, -0.2) is 0 Å². The Balaban J connectivity index is 1.31. The predicted octanol–water partition coefficient (Wildman–Crippen LogP) is 3.01. The summed E-state index contributed by atoms with van der Waals surface area (Å²) < 4.78 is 12.6. The Hall–Kier alpha value is -2.94. The molecule has 0 bridgehead atoms. The van der Waals surface area contributed by atoms with Gasteiger partial charge in [0.2, 0.25) is 5.91 Å². The number of carbonyl (C=O) groups excluding carboxylic acids is 1. The molecule has 4 rings (SSSR count). The van der Waals surface area contributed by atoms with Crippen molar-refractivity contribution < 1.29 is 13.9 Å². The minimum Gasteiger partial charge on any atom is -0.497 e. The SMILES string of the molecule is CCn1c(SCC(=O)N2CCN(c3ccc(OC)cc3)CC2)nnc1-c1ccco1. The van der Waals surface area contributed by atoms with E-state index < -0.39 is 0 Å². The summed E-state index contributed by atoms with van der Waals surface area (Å²) in [5.41, 5.74) is 1.15. The second-order valence-corrected chi connectivity index (χ2v) is 7.82. The van der Waals surface area contributed by atoms with Gasteiger partial charge < -0.3 is 19.0 Å². The average Bonchev–Trinajstić information content (AvgIpc) is 3.47. The fraction of sp³-hybridized carbons (Fsp3) is 0.381. The molecule has 2 aromatic heterocycles. The monoisotopic (exact) mass is 427 g/mol. The van der Waals surface area contributed by atoms with Crippen LogP contribution >= 0.6 is 11.8 Å². The Kier molecular flexibility index (Phi) is 6.27. The first kappa shape index (κ1) is 20.3. The second kappa shape index (κ2) is 9.25. The van der Waals surface area contributed by atoms with Crippen LogP contribution in [0.25, 0.3) is 11.6 Å². The first-order valence-electron chi connectivity index (χ1n) is 9.96. The van der Waals surface area contributed by atoms with E-state index in [0.717, 1.165) is 29.7 Å². The lowest BCUT2D eigenvalue weighted by atomic mass is 10.2. The number of aromatic nitrogens is 3. The van der Waals surface area contributed by atoms with Crippen molar-refractivity contribution in [1.82, 2.24) is 19.7 Å². The molecule has 0 N–H and O–H groups in total. The molecule has 30 heavy (non-hydrogen) atoms. The third kappa shape index (κ3) is 4.30. The van der Waals surface area contributed by atoms with Crippen LogP contribution in [-0.2, 0) is 11.3 Å². The highest BCUT2D eigenvalue weighted by Gasteiger charge is 2.23. The van der Waals surface area contributed by atoms with E-state index in [1.165, 1.54) is 11.8 Å². The predicted molar refractivity (Wildman–Crippen MR) is 116 cm³/mol. The highest BCUT2D eigenvalue weighted by Crippen LogP contribution is 2.25. The summed E-state index contributed by atoms with van der Waals surface area (Å²) in [6.45, 7) is 5.79. The number of rotatable bonds is 7. The molecule has 1 fully saturated rings. The minimum absolute atomic E-state index is 0.125. The van der Waals surface area contributed by atoms with Gasteiger partial charge in [0.15, 0.2) is 16.7 Å². The Labute approximate surface area is 179 Å². The van der Waals surface area contributed by atoms with Crippen molar-refractivity contribution >= 4 is 23.4 Å². The molecule has 0 spiro atoms. The molecule has 1 aliphatic heterocycles. The molecule has 1 amide bonds. The highest BCUT2D eigenvalue weighted by molar-refractivity contribution is 7.99. The minimum atomic E-state index is 0.125. The summed E-state index contributed by atoms with van der Waals surface area (Å²) in [6.07, 6.45) is 1.62. The van der Waals surface area contributed by atoms with Gasteiger partial charge in [-0.3, -0.25) is 9.36 Å². The van der Waals surface area contributed by atoms with Gasteiger partial charge in [0.25, 0.3) is 0 Å². The lowest BCUT2D eigenvalue weighted by Gasteiger charge is -2.36. The smallest absolute Gasteiger partial charge is 0.233 e. The summed E-state index contributed by atoms with van der Waals surface area (Å²) in [5, 5.41) is 9.22. The molecule has 1 aliphatic rings. The van der Waals surface area contributed by atoms with Gasteiger partial charge in [-0.15, -0.1) is 10.2 Å². The molecule has 0 atom stereocenters. The van der Waals surface area contributed by atoms with Crippen molar-refractivity contribution in [2.75, 3.05) is 43.9 Å². The number of nitrogens with zero attached hydrogens (tertiary/aromatic N) is 5. The Morgan fingerprint density at radius 3 is 2.53 bits per heavy atom. The van der Waals surface area contributed by atoms with E-state index in [4.69, 9.17) is 9.15 Å². The summed E-state index contributed by atoms with van der Waals surface area (Å²) in [4.78, 5) is 16.9. The average molecular weight is 428 g/mol. The van der Waals surface area contributed by atoms with Gasteiger partial charge in [-0.2, -0.15) is 0 Å². The van der Waals surface area contributed by atoms with Crippen LogP contribution in [0.15, 0.2) is 52.2 Å². The van der Waals surface area contributed by atoms with Gasteiger partial charge in [0.1, 0.15) is 5.75 Å². The fourth-order valence-corrected chi connectivity index (χ4v) is 4.40. The summed E-state index contributed by atoms with van der Waals surface area (Å²) in [5.74, 6) is 2.68. The number of methoxy groups -OCH3 is 1. The maximum Gasteiger partial charge on any atom is 0.233 e. The number of amides is 1. The van der Waals surface area contributed by atoms with Crippen LogP contribution in [0.2, 0.25) is 0 Å². The van der Waals surface area contributed by atoms with Crippen LogP contribution in [0.3, 0.4) is 0 Å². The number of thioether (sulfide) groups is 1. The van der Waals surface area contributed by atoms with Crippen LogP contribution in [0.5, 0.6) is 5.75 Å². The van der Waals surface area contributed by atoms with Crippen molar-refractivity contribution in [1.29, 1.82) is 0 Å². The number of hydrogen-bond donors (Lipinski definition) is 0.